The molecule has 0 spiro atoms. The van der Waals surface area contributed by atoms with Crippen LogP contribution in [0.2, 0.25) is 0 Å². The fraction of sp³-hybridized carbons (Fsp3) is 0.679. The molecule has 3 aliphatic heterocycles. The third-order valence-corrected chi connectivity index (χ3v) is 7.41. The highest BCUT2D eigenvalue weighted by Crippen LogP contribution is 2.47. The molecule has 192 valence electrons. The standard InChI is InChI=1S/C28H38O7/c1-19-8-6-9-20(16-19)30-15-7-10-22(34-26-11-2-4-13-31-26)28-21-17-25(29)33-23(21)18-24(28)35-27-12-3-5-14-32-27/h6,8-10,16,21,23-24,26-28H,2-5,7,11-15,17-18H2,1H3/b22-10+/t21-,23-,24-,26?,27?,28-/m1/s1. The molecule has 6 atom stereocenters. The summed E-state index contributed by atoms with van der Waals surface area (Å²) in [6.07, 6.45) is 9.23. The summed E-state index contributed by atoms with van der Waals surface area (Å²) >= 11 is 0. The van der Waals surface area contributed by atoms with Crippen LogP contribution in [0, 0.1) is 18.8 Å². The molecule has 1 aromatic carbocycles. The fourth-order valence-electron chi connectivity index (χ4n) is 5.71. The van der Waals surface area contributed by atoms with Crippen LogP contribution >= 0.6 is 0 Å². The minimum Gasteiger partial charge on any atom is -0.493 e. The number of hydrogen-bond donors (Lipinski definition) is 0. The first-order valence-corrected chi connectivity index (χ1v) is 13.3. The molecule has 0 N–H and O–H groups in total. The van der Waals surface area contributed by atoms with Gasteiger partial charge in [0.05, 0.1) is 25.7 Å². The number of carbonyl (C=O) groups excluding carboxylic acids is 1. The minimum atomic E-state index is -0.267. The Bertz CT molecular complexity index is 872. The highest BCUT2D eigenvalue weighted by molar-refractivity contribution is 5.72. The number of carbonyl (C=O) groups is 1. The number of hydrogen-bond acceptors (Lipinski definition) is 7. The highest BCUT2D eigenvalue weighted by atomic mass is 16.7. The van der Waals surface area contributed by atoms with E-state index in [0.717, 1.165) is 56.6 Å². The number of esters is 1. The maximum atomic E-state index is 12.2. The average molecular weight is 487 g/mol. The molecular formula is C28H38O7. The van der Waals surface area contributed by atoms with Crippen molar-refractivity contribution in [3.05, 3.63) is 41.7 Å². The van der Waals surface area contributed by atoms with E-state index in [0.29, 0.717) is 32.5 Å². The van der Waals surface area contributed by atoms with Crippen LogP contribution in [-0.4, -0.2) is 50.6 Å². The second-order valence-electron chi connectivity index (χ2n) is 10.1. The van der Waals surface area contributed by atoms with Gasteiger partial charge in [0.15, 0.2) is 12.6 Å². The summed E-state index contributed by atoms with van der Waals surface area (Å²) < 4.78 is 36.4. The van der Waals surface area contributed by atoms with Crippen LogP contribution in [0.3, 0.4) is 0 Å². The molecule has 0 aromatic heterocycles. The largest absolute Gasteiger partial charge is 0.493 e. The van der Waals surface area contributed by atoms with Crippen molar-refractivity contribution in [1.82, 2.24) is 0 Å². The van der Waals surface area contributed by atoms with Crippen LogP contribution in [0.15, 0.2) is 36.1 Å². The number of benzene rings is 1. The van der Waals surface area contributed by atoms with Gasteiger partial charge in [-0.25, -0.2) is 0 Å². The summed E-state index contributed by atoms with van der Waals surface area (Å²) in [5.74, 6) is 1.55. The zero-order valence-corrected chi connectivity index (χ0v) is 20.7. The average Bonchev–Trinajstić information content (AvgIpc) is 3.37. The molecule has 1 aromatic rings. The van der Waals surface area contributed by atoms with Crippen LogP contribution in [0.1, 0.15) is 63.4 Å². The fourth-order valence-corrected chi connectivity index (χ4v) is 5.71. The molecule has 35 heavy (non-hydrogen) atoms. The molecule has 5 rings (SSSR count). The lowest BCUT2D eigenvalue weighted by molar-refractivity contribution is -0.201. The predicted octanol–water partition coefficient (Wildman–Crippen LogP) is 5.05. The van der Waals surface area contributed by atoms with E-state index in [-0.39, 0.29) is 42.6 Å². The van der Waals surface area contributed by atoms with Gasteiger partial charge >= 0.3 is 5.97 Å². The lowest BCUT2D eigenvalue weighted by Crippen LogP contribution is -2.34. The molecule has 7 heteroatoms. The normalized spacial score (nSPS) is 33.3. The molecular weight excluding hydrogens is 448 g/mol. The topological polar surface area (TPSA) is 72.5 Å². The maximum absolute atomic E-state index is 12.2. The van der Waals surface area contributed by atoms with Crippen LogP contribution < -0.4 is 4.74 Å². The van der Waals surface area contributed by atoms with Crippen molar-refractivity contribution in [2.24, 2.45) is 11.8 Å². The summed E-state index contributed by atoms with van der Waals surface area (Å²) in [7, 11) is 0. The SMILES string of the molecule is Cc1cccc(OCC/C=C(/OC2CCCCO2)[C@H]2[C@@H]3CC(=O)O[C@@H]3C[C@H]2OC2CCCCO2)c1. The van der Waals surface area contributed by atoms with E-state index in [1.54, 1.807) is 0 Å². The quantitative estimate of drug-likeness (QED) is 0.275. The van der Waals surface area contributed by atoms with Crippen LogP contribution in [0.4, 0.5) is 0 Å². The Balaban J connectivity index is 1.32. The number of ether oxygens (including phenoxy) is 6. The van der Waals surface area contributed by atoms with E-state index in [4.69, 9.17) is 28.4 Å². The van der Waals surface area contributed by atoms with E-state index in [9.17, 15) is 4.79 Å². The third kappa shape index (κ3) is 6.38. The van der Waals surface area contributed by atoms with Crippen molar-refractivity contribution in [3.8, 4) is 5.75 Å². The van der Waals surface area contributed by atoms with Gasteiger partial charge in [0, 0.05) is 37.7 Å². The summed E-state index contributed by atoms with van der Waals surface area (Å²) in [5, 5.41) is 0. The molecule has 2 unspecified atom stereocenters. The Morgan fingerprint density at radius 1 is 1.09 bits per heavy atom. The van der Waals surface area contributed by atoms with Crippen LogP contribution in [-0.2, 0) is 28.5 Å². The van der Waals surface area contributed by atoms with Crippen LogP contribution in [0.5, 0.6) is 5.75 Å². The zero-order chi connectivity index (χ0) is 24.0. The van der Waals surface area contributed by atoms with Gasteiger partial charge in [0.1, 0.15) is 17.6 Å². The number of fused-ring (bicyclic) bond motifs is 1. The summed E-state index contributed by atoms with van der Waals surface area (Å²) in [6, 6.07) is 8.07. The Morgan fingerprint density at radius 3 is 2.63 bits per heavy atom. The van der Waals surface area contributed by atoms with Gasteiger partial charge in [0.2, 0.25) is 0 Å². The van der Waals surface area contributed by atoms with Gasteiger partial charge in [-0.15, -0.1) is 0 Å². The predicted molar refractivity (Wildman–Crippen MR) is 129 cm³/mol. The van der Waals surface area contributed by atoms with E-state index in [1.165, 1.54) is 5.56 Å². The van der Waals surface area contributed by atoms with Crippen molar-refractivity contribution in [3.63, 3.8) is 0 Å². The molecule has 3 heterocycles. The van der Waals surface area contributed by atoms with Gasteiger partial charge in [-0.1, -0.05) is 12.1 Å². The maximum Gasteiger partial charge on any atom is 0.306 e. The van der Waals surface area contributed by atoms with E-state index >= 15 is 0 Å². The number of rotatable bonds is 9. The lowest BCUT2D eigenvalue weighted by atomic mass is 9.89. The van der Waals surface area contributed by atoms with Crippen LogP contribution in [0.25, 0.3) is 0 Å². The number of aryl methyl sites for hydroxylation is 1. The summed E-state index contributed by atoms with van der Waals surface area (Å²) in [6.45, 7) is 4.04. The van der Waals surface area contributed by atoms with Gasteiger partial charge < -0.3 is 28.4 Å². The van der Waals surface area contributed by atoms with Crippen molar-refractivity contribution >= 4 is 5.97 Å². The van der Waals surface area contributed by atoms with E-state index < -0.39 is 0 Å². The second kappa shape index (κ2) is 11.8. The van der Waals surface area contributed by atoms with E-state index in [2.05, 4.69) is 19.1 Å². The molecule has 1 saturated carbocycles. The van der Waals surface area contributed by atoms with Gasteiger partial charge in [-0.2, -0.15) is 0 Å². The molecule has 4 aliphatic rings. The van der Waals surface area contributed by atoms with Gasteiger partial charge in [-0.05, 0) is 62.8 Å². The lowest BCUT2D eigenvalue weighted by Gasteiger charge is -2.33. The first-order valence-electron chi connectivity index (χ1n) is 13.3. The Hall–Kier alpha value is -2.09. The molecule has 3 saturated heterocycles. The third-order valence-electron chi connectivity index (χ3n) is 7.41. The smallest absolute Gasteiger partial charge is 0.306 e. The van der Waals surface area contributed by atoms with Gasteiger partial charge in [-0.3, -0.25) is 4.79 Å². The Morgan fingerprint density at radius 2 is 1.89 bits per heavy atom. The van der Waals surface area contributed by atoms with Gasteiger partial charge in [0.25, 0.3) is 0 Å². The first kappa shape index (κ1) is 24.6. The Kier molecular flexibility index (Phi) is 8.27. The minimum absolute atomic E-state index is 0.0450. The van der Waals surface area contributed by atoms with E-state index in [1.807, 2.05) is 18.2 Å². The molecule has 0 bridgehead atoms. The van der Waals surface area contributed by atoms with Crippen molar-refractivity contribution < 1.29 is 33.2 Å². The monoisotopic (exact) mass is 486 g/mol. The summed E-state index contributed by atoms with van der Waals surface area (Å²) in [4.78, 5) is 12.2. The molecule has 0 radical (unpaired) electrons. The van der Waals surface area contributed by atoms with Crippen molar-refractivity contribution in [2.45, 2.75) is 89.5 Å². The van der Waals surface area contributed by atoms with Crippen molar-refractivity contribution in [2.75, 3.05) is 19.8 Å². The zero-order valence-electron chi connectivity index (χ0n) is 20.7. The molecule has 0 amide bonds. The molecule has 4 fully saturated rings. The Labute approximate surface area is 208 Å². The first-order chi connectivity index (χ1) is 17.2. The van der Waals surface area contributed by atoms with Crippen molar-refractivity contribution in [1.29, 1.82) is 0 Å². The molecule has 1 aliphatic carbocycles. The summed E-state index contributed by atoms with van der Waals surface area (Å²) in [5.41, 5.74) is 1.17. The molecule has 7 nitrogen and oxygen atoms in total. The highest BCUT2D eigenvalue weighted by Gasteiger charge is 2.53. The second-order valence-corrected chi connectivity index (χ2v) is 10.1.